The van der Waals surface area contributed by atoms with Crippen molar-refractivity contribution in [3.05, 3.63) is 52.4 Å². The smallest absolute Gasteiger partial charge is 0.310 e. The number of esters is 1. The Bertz CT molecular complexity index is 792. The number of nitrogens with zero attached hydrogens (tertiary/aromatic N) is 2. The number of carbonyl (C=O) groups is 2. The Morgan fingerprint density at radius 2 is 2.08 bits per heavy atom. The minimum atomic E-state index is -0.454. The van der Waals surface area contributed by atoms with Crippen LogP contribution in [0.5, 0.6) is 0 Å². The second-order valence-corrected chi connectivity index (χ2v) is 6.75. The molecular weight excluding hydrogens is 332 g/mol. The highest BCUT2D eigenvalue weighted by atomic mass is 16.5. The normalized spacial score (nSPS) is 16.0. The van der Waals surface area contributed by atoms with Crippen molar-refractivity contribution in [2.75, 3.05) is 13.7 Å². The molecule has 1 aliphatic carbocycles. The van der Waals surface area contributed by atoms with Gasteiger partial charge in [-0.15, -0.1) is 0 Å². The molecule has 0 radical (unpaired) electrons. The van der Waals surface area contributed by atoms with E-state index in [0.717, 1.165) is 24.8 Å². The fraction of sp³-hybridized carbons (Fsp3) is 0.450. The number of hydrogen-bond donors (Lipinski definition) is 0. The number of aryl methyl sites for hydroxylation is 3. The molecule has 0 aliphatic heterocycles. The first kappa shape index (κ1) is 18.2. The minimum absolute atomic E-state index is 0.0358. The van der Waals surface area contributed by atoms with Crippen LogP contribution in [0.1, 0.15) is 47.0 Å². The highest BCUT2D eigenvalue weighted by molar-refractivity contribution is 5.81. The topological polar surface area (TPSA) is 72.6 Å². The quantitative estimate of drug-likeness (QED) is 0.770. The molecule has 1 aromatic heterocycles. The molecule has 2 aromatic rings. The van der Waals surface area contributed by atoms with Crippen LogP contribution in [0.4, 0.5) is 0 Å². The summed E-state index contributed by atoms with van der Waals surface area (Å²) in [4.78, 5) is 26.3. The predicted molar refractivity (Wildman–Crippen MR) is 95.5 cm³/mol. The zero-order chi connectivity index (χ0) is 18.7. The van der Waals surface area contributed by atoms with Crippen LogP contribution in [0.3, 0.4) is 0 Å². The highest BCUT2D eigenvalue weighted by Gasteiger charge is 2.27. The highest BCUT2D eigenvalue weighted by Crippen LogP contribution is 2.33. The Morgan fingerprint density at radius 3 is 2.81 bits per heavy atom. The summed E-state index contributed by atoms with van der Waals surface area (Å²) in [5.41, 5.74) is 3.87. The summed E-state index contributed by atoms with van der Waals surface area (Å²) < 4.78 is 10.2. The lowest BCUT2D eigenvalue weighted by Gasteiger charge is -2.33. The number of amides is 1. The first-order chi connectivity index (χ1) is 12.5. The van der Waals surface area contributed by atoms with Crippen LogP contribution < -0.4 is 0 Å². The van der Waals surface area contributed by atoms with Crippen LogP contribution in [0.2, 0.25) is 0 Å². The van der Waals surface area contributed by atoms with E-state index >= 15 is 0 Å². The molecule has 1 amide bonds. The largest absolute Gasteiger partial charge is 0.455 e. The zero-order valence-corrected chi connectivity index (χ0v) is 15.4. The van der Waals surface area contributed by atoms with E-state index in [0.29, 0.717) is 11.5 Å². The van der Waals surface area contributed by atoms with E-state index in [1.807, 2.05) is 12.1 Å². The van der Waals surface area contributed by atoms with Gasteiger partial charge in [-0.25, -0.2) is 0 Å². The molecule has 1 atom stereocenters. The van der Waals surface area contributed by atoms with Gasteiger partial charge in [-0.2, -0.15) is 0 Å². The van der Waals surface area contributed by atoms with Gasteiger partial charge in [0.25, 0.3) is 5.91 Å². The van der Waals surface area contributed by atoms with E-state index in [9.17, 15) is 9.59 Å². The van der Waals surface area contributed by atoms with Crippen molar-refractivity contribution in [3.63, 3.8) is 0 Å². The molecule has 138 valence electrons. The molecule has 1 unspecified atom stereocenters. The minimum Gasteiger partial charge on any atom is -0.455 e. The number of benzene rings is 1. The molecule has 1 heterocycles. The fourth-order valence-corrected chi connectivity index (χ4v) is 3.50. The third-order valence-corrected chi connectivity index (χ3v) is 5.06. The van der Waals surface area contributed by atoms with Gasteiger partial charge < -0.3 is 14.2 Å². The second-order valence-electron chi connectivity index (χ2n) is 6.75. The fourth-order valence-electron chi connectivity index (χ4n) is 3.50. The van der Waals surface area contributed by atoms with Crippen molar-refractivity contribution in [2.45, 2.75) is 45.6 Å². The number of ether oxygens (including phenoxy) is 1. The molecule has 26 heavy (non-hydrogen) atoms. The zero-order valence-electron chi connectivity index (χ0n) is 15.4. The van der Waals surface area contributed by atoms with Crippen molar-refractivity contribution in [1.29, 1.82) is 0 Å². The summed E-state index contributed by atoms with van der Waals surface area (Å²) in [6.07, 6.45) is 3.07. The molecule has 0 bridgehead atoms. The summed E-state index contributed by atoms with van der Waals surface area (Å²) in [7, 11) is 1.78. The third kappa shape index (κ3) is 3.79. The van der Waals surface area contributed by atoms with E-state index in [1.54, 1.807) is 25.8 Å². The molecule has 0 fully saturated rings. The van der Waals surface area contributed by atoms with Crippen LogP contribution in [-0.2, 0) is 27.2 Å². The van der Waals surface area contributed by atoms with Gasteiger partial charge in [0.1, 0.15) is 5.76 Å². The first-order valence-electron chi connectivity index (χ1n) is 8.88. The maximum atomic E-state index is 12.5. The molecule has 6 heteroatoms. The lowest BCUT2D eigenvalue weighted by Crippen LogP contribution is -2.36. The van der Waals surface area contributed by atoms with Crippen LogP contribution >= 0.6 is 0 Å². The van der Waals surface area contributed by atoms with E-state index in [4.69, 9.17) is 9.26 Å². The molecule has 3 rings (SSSR count). The van der Waals surface area contributed by atoms with Gasteiger partial charge in [-0.05, 0) is 44.2 Å². The van der Waals surface area contributed by atoms with Gasteiger partial charge in [0, 0.05) is 12.6 Å². The lowest BCUT2D eigenvalue weighted by molar-refractivity contribution is -0.152. The van der Waals surface area contributed by atoms with E-state index in [1.165, 1.54) is 11.1 Å². The maximum Gasteiger partial charge on any atom is 0.310 e. The third-order valence-electron chi connectivity index (χ3n) is 5.06. The Kier molecular flexibility index (Phi) is 5.40. The summed E-state index contributed by atoms with van der Waals surface area (Å²) in [5, 5.41) is 3.82. The lowest BCUT2D eigenvalue weighted by atomic mass is 9.87. The average Bonchev–Trinajstić information content (AvgIpc) is 2.97. The van der Waals surface area contributed by atoms with Crippen LogP contribution in [0.15, 0.2) is 28.8 Å². The summed E-state index contributed by atoms with van der Waals surface area (Å²) >= 11 is 0. The van der Waals surface area contributed by atoms with Gasteiger partial charge in [0.05, 0.1) is 18.2 Å². The molecule has 6 nitrogen and oxygen atoms in total. The summed E-state index contributed by atoms with van der Waals surface area (Å²) in [5.74, 6) is -0.0503. The summed E-state index contributed by atoms with van der Waals surface area (Å²) in [6.45, 7) is 3.28. The Labute approximate surface area is 153 Å². The van der Waals surface area contributed by atoms with Crippen molar-refractivity contribution < 1.29 is 18.8 Å². The molecule has 1 aliphatic rings. The van der Waals surface area contributed by atoms with Gasteiger partial charge in [0.2, 0.25) is 0 Å². The van der Waals surface area contributed by atoms with Crippen LogP contribution in [-0.4, -0.2) is 35.6 Å². The van der Waals surface area contributed by atoms with E-state index in [2.05, 4.69) is 17.3 Å². The Balaban J connectivity index is 1.58. The average molecular weight is 356 g/mol. The van der Waals surface area contributed by atoms with Gasteiger partial charge in [0.15, 0.2) is 6.61 Å². The number of rotatable bonds is 5. The molecule has 0 saturated heterocycles. The molecule has 1 aromatic carbocycles. The maximum absolute atomic E-state index is 12.5. The Morgan fingerprint density at radius 1 is 1.31 bits per heavy atom. The number of likely N-dealkylation sites (N-methyl/N-ethyl adjacent to an activating group) is 1. The standard InChI is InChI=1S/C20H24N2O4/c1-13-17(14(2)26-21-13)11-20(24)25-12-19(23)22(3)18-10-6-8-15-7-4-5-9-16(15)18/h4-5,7,9,18H,6,8,10-12H2,1-3H3. The van der Waals surface area contributed by atoms with Gasteiger partial charge in [-0.1, -0.05) is 29.4 Å². The first-order valence-corrected chi connectivity index (χ1v) is 8.88. The molecular formula is C20H24N2O4. The summed E-state index contributed by atoms with van der Waals surface area (Å²) in [6, 6.07) is 8.25. The second kappa shape index (κ2) is 7.72. The van der Waals surface area contributed by atoms with Crippen molar-refractivity contribution >= 4 is 11.9 Å². The van der Waals surface area contributed by atoms with Crippen LogP contribution in [0.25, 0.3) is 0 Å². The van der Waals surface area contributed by atoms with Crippen LogP contribution in [0, 0.1) is 13.8 Å². The Hall–Kier alpha value is -2.63. The number of aromatic nitrogens is 1. The van der Waals surface area contributed by atoms with Gasteiger partial charge >= 0.3 is 5.97 Å². The van der Waals surface area contributed by atoms with Gasteiger partial charge in [-0.3, -0.25) is 9.59 Å². The van der Waals surface area contributed by atoms with Crippen molar-refractivity contribution in [3.8, 4) is 0 Å². The molecule has 0 spiro atoms. The SMILES string of the molecule is Cc1noc(C)c1CC(=O)OCC(=O)N(C)C1CCCc2ccccc21. The van der Waals surface area contributed by atoms with E-state index < -0.39 is 5.97 Å². The molecule has 0 saturated carbocycles. The molecule has 0 N–H and O–H groups in total. The number of carbonyl (C=O) groups excluding carboxylic acids is 2. The van der Waals surface area contributed by atoms with E-state index in [-0.39, 0.29) is 25.0 Å². The van der Waals surface area contributed by atoms with Crippen molar-refractivity contribution in [2.24, 2.45) is 0 Å². The van der Waals surface area contributed by atoms with Crippen molar-refractivity contribution in [1.82, 2.24) is 10.1 Å². The number of hydrogen-bond acceptors (Lipinski definition) is 5. The number of fused-ring (bicyclic) bond motifs is 1. The predicted octanol–water partition coefficient (Wildman–Crippen LogP) is 2.91. The monoisotopic (exact) mass is 356 g/mol.